The predicted molar refractivity (Wildman–Crippen MR) is 85.3 cm³/mol. The van der Waals surface area contributed by atoms with Gasteiger partial charge in [-0.15, -0.1) is 0 Å². The van der Waals surface area contributed by atoms with Gasteiger partial charge in [0.2, 0.25) is 5.75 Å². The van der Waals surface area contributed by atoms with Crippen molar-refractivity contribution in [3.05, 3.63) is 63.2 Å². The highest BCUT2D eigenvalue weighted by molar-refractivity contribution is 6.30. The molecule has 23 heavy (non-hydrogen) atoms. The summed E-state index contributed by atoms with van der Waals surface area (Å²) in [6, 6.07) is 10.8. The third-order valence-electron chi connectivity index (χ3n) is 3.32. The molecule has 1 atom stereocenters. The molecule has 0 heterocycles. The van der Waals surface area contributed by atoms with E-state index in [1.54, 1.807) is 25.1 Å². The van der Waals surface area contributed by atoms with Gasteiger partial charge in [-0.05, 0) is 30.7 Å². The average molecular weight is 336 g/mol. The quantitative estimate of drug-likeness (QED) is 0.614. The largest absolute Gasteiger partial charge is 0.481 e. The lowest BCUT2D eigenvalue weighted by Gasteiger charge is -2.13. The summed E-state index contributed by atoms with van der Waals surface area (Å²) in [5.41, 5.74) is -0.230. The van der Waals surface area contributed by atoms with Crippen LogP contribution in [0.3, 0.4) is 0 Å². The van der Waals surface area contributed by atoms with Crippen LogP contribution in [-0.2, 0) is 4.79 Å². The van der Waals surface area contributed by atoms with Crippen molar-refractivity contribution < 1.29 is 19.6 Å². The molecular weight excluding hydrogens is 322 g/mol. The van der Waals surface area contributed by atoms with Gasteiger partial charge < -0.3 is 9.84 Å². The minimum absolute atomic E-state index is 0.0190. The van der Waals surface area contributed by atoms with Crippen molar-refractivity contribution in [1.29, 1.82) is 0 Å². The number of hydrogen-bond donors (Lipinski definition) is 1. The number of nitro benzene ring substituents is 1. The molecule has 0 amide bonds. The number of carboxylic acid groups (broad SMARTS) is 1. The fraction of sp³-hybridized carbons (Fsp3) is 0.188. The molecule has 0 bridgehead atoms. The number of halogens is 1. The van der Waals surface area contributed by atoms with Gasteiger partial charge in [-0.3, -0.25) is 14.9 Å². The molecule has 0 saturated carbocycles. The van der Waals surface area contributed by atoms with E-state index in [2.05, 4.69) is 0 Å². The van der Waals surface area contributed by atoms with Crippen molar-refractivity contribution in [2.45, 2.75) is 19.3 Å². The molecule has 0 aromatic heterocycles. The van der Waals surface area contributed by atoms with E-state index in [0.29, 0.717) is 10.8 Å². The van der Waals surface area contributed by atoms with Gasteiger partial charge in [-0.1, -0.05) is 36.7 Å². The van der Waals surface area contributed by atoms with Gasteiger partial charge in [0.1, 0.15) is 5.75 Å². The Hall–Kier alpha value is -2.60. The average Bonchev–Trinajstić information content (AvgIpc) is 2.47. The summed E-state index contributed by atoms with van der Waals surface area (Å²) >= 11 is 5.87. The minimum Gasteiger partial charge on any atom is -0.481 e. The molecule has 2 rings (SSSR count). The van der Waals surface area contributed by atoms with Crippen LogP contribution in [0.4, 0.5) is 5.69 Å². The lowest BCUT2D eigenvalue weighted by atomic mass is 9.94. The van der Waals surface area contributed by atoms with Gasteiger partial charge in [-0.2, -0.15) is 0 Å². The molecule has 1 unspecified atom stereocenters. The third-order valence-corrected chi connectivity index (χ3v) is 3.55. The van der Waals surface area contributed by atoms with E-state index in [-0.39, 0.29) is 23.4 Å². The molecule has 0 radical (unpaired) electrons. The van der Waals surface area contributed by atoms with Crippen LogP contribution in [0.2, 0.25) is 5.02 Å². The SMILES string of the molecule is CCC(C(=O)O)c1cccc(Oc2cccc(Cl)c2)c1[N+](=O)[O-]. The van der Waals surface area contributed by atoms with Gasteiger partial charge in [0.25, 0.3) is 0 Å². The van der Waals surface area contributed by atoms with Crippen molar-refractivity contribution in [2.24, 2.45) is 0 Å². The lowest BCUT2D eigenvalue weighted by Crippen LogP contribution is -2.13. The normalized spacial score (nSPS) is 11.7. The lowest BCUT2D eigenvalue weighted by molar-refractivity contribution is -0.386. The third kappa shape index (κ3) is 3.78. The summed E-state index contributed by atoms with van der Waals surface area (Å²) in [5, 5.41) is 21.1. The Morgan fingerprint density at radius 2 is 2.04 bits per heavy atom. The van der Waals surface area contributed by atoms with Crippen molar-refractivity contribution in [2.75, 3.05) is 0 Å². The number of rotatable bonds is 6. The zero-order valence-corrected chi connectivity index (χ0v) is 13.0. The molecule has 6 nitrogen and oxygen atoms in total. The van der Waals surface area contributed by atoms with E-state index >= 15 is 0 Å². The van der Waals surface area contributed by atoms with Crippen LogP contribution in [-0.4, -0.2) is 16.0 Å². The van der Waals surface area contributed by atoms with Crippen molar-refractivity contribution in [1.82, 2.24) is 0 Å². The number of para-hydroxylation sites is 1. The highest BCUT2D eigenvalue weighted by Gasteiger charge is 2.30. The molecule has 2 aromatic rings. The Balaban J connectivity index is 2.52. The monoisotopic (exact) mass is 335 g/mol. The first-order chi connectivity index (χ1) is 10.9. The number of nitro groups is 1. The molecule has 0 spiro atoms. The van der Waals surface area contributed by atoms with Crippen LogP contribution in [0, 0.1) is 10.1 Å². The molecule has 7 heteroatoms. The fourth-order valence-electron chi connectivity index (χ4n) is 2.28. The summed E-state index contributed by atoms with van der Waals surface area (Å²) in [4.78, 5) is 22.2. The smallest absolute Gasteiger partial charge is 0.315 e. The second-order valence-corrected chi connectivity index (χ2v) is 5.25. The molecule has 0 aliphatic heterocycles. The number of nitrogens with zero attached hydrogens (tertiary/aromatic N) is 1. The maximum absolute atomic E-state index is 11.4. The number of aliphatic carboxylic acids is 1. The fourth-order valence-corrected chi connectivity index (χ4v) is 2.46. The second-order valence-electron chi connectivity index (χ2n) is 4.81. The number of ether oxygens (including phenoxy) is 1. The van der Waals surface area contributed by atoms with Gasteiger partial charge in [0, 0.05) is 10.6 Å². The molecule has 0 aliphatic carbocycles. The number of carbonyl (C=O) groups is 1. The van der Waals surface area contributed by atoms with E-state index in [1.165, 1.54) is 24.3 Å². The topological polar surface area (TPSA) is 89.7 Å². The van der Waals surface area contributed by atoms with E-state index in [0.717, 1.165) is 0 Å². The van der Waals surface area contributed by atoms with Crippen LogP contribution in [0.5, 0.6) is 11.5 Å². The van der Waals surface area contributed by atoms with Crippen LogP contribution in [0.1, 0.15) is 24.8 Å². The van der Waals surface area contributed by atoms with Crippen LogP contribution < -0.4 is 4.74 Å². The zero-order valence-electron chi connectivity index (χ0n) is 12.2. The highest BCUT2D eigenvalue weighted by Crippen LogP contribution is 2.39. The van der Waals surface area contributed by atoms with E-state index in [4.69, 9.17) is 16.3 Å². The van der Waals surface area contributed by atoms with Gasteiger partial charge in [0.05, 0.1) is 10.8 Å². The van der Waals surface area contributed by atoms with Crippen molar-refractivity contribution >= 4 is 23.3 Å². The van der Waals surface area contributed by atoms with E-state index < -0.39 is 16.8 Å². The van der Waals surface area contributed by atoms with Crippen molar-refractivity contribution in [3.8, 4) is 11.5 Å². The first-order valence-electron chi connectivity index (χ1n) is 6.87. The number of carboxylic acids is 1. The molecule has 120 valence electrons. The van der Waals surface area contributed by atoms with Gasteiger partial charge >= 0.3 is 11.7 Å². The summed E-state index contributed by atoms with van der Waals surface area (Å²) in [6.07, 6.45) is 0.233. The molecule has 0 fully saturated rings. The highest BCUT2D eigenvalue weighted by atomic mass is 35.5. The first kappa shape index (κ1) is 16.8. The van der Waals surface area contributed by atoms with Gasteiger partial charge in [0.15, 0.2) is 0 Å². The summed E-state index contributed by atoms with van der Waals surface area (Å²) in [5.74, 6) is -1.77. The van der Waals surface area contributed by atoms with Crippen LogP contribution >= 0.6 is 11.6 Å². The second kappa shape index (κ2) is 7.11. The molecule has 2 aromatic carbocycles. The zero-order chi connectivity index (χ0) is 17.0. The summed E-state index contributed by atoms with van der Waals surface area (Å²) < 4.78 is 5.55. The Morgan fingerprint density at radius 1 is 1.35 bits per heavy atom. The van der Waals surface area contributed by atoms with Crippen LogP contribution in [0.25, 0.3) is 0 Å². The maximum Gasteiger partial charge on any atom is 0.315 e. The number of hydrogen-bond acceptors (Lipinski definition) is 4. The Labute approximate surface area is 137 Å². The summed E-state index contributed by atoms with van der Waals surface area (Å²) in [6.45, 7) is 1.66. The first-order valence-corrected chi connectivity index (χ1v) is 7.25. The minimum atomic E-state index is -1.12. The predicted octanol–water partition coefficient (Wildman–Crippen LogP) is 4.62. The maximum atomic E-state index is 11.4. The number of benzene rings is 2. The Bertz CT molecular complexity index is 747. The standard InChI is InChI=1S/C16H14ClNO5/c1-2-12(16(19)20)13-7-4-8-14(15(13)18(21)22)23-11-6-3-5-10(17)9-11/h3-9,12H,2H2,1H3,(H,19,20). The van der Waals surface area contributed by atoms with E-state index in [9.17, 15) is 20.0 Å². The Morgan fingerprint density at radius 3 is 2.61 bits per heavy atom. The summed E-state index contributed by atoms with van der Waals surface area (Å²) in [7, 11) is 0. The Kier molecular flexibility index (Phi) is 5.18. The molecular formula is C16H14ClNO5. The van der Waals surface area contributed by atoms with Gasteiger partial charge in [-0.25, -0.2) is 0 Å². The van der Waals surface area contributed by atoms with Crippen molar-refractivity contribution in [3.63, 3.8) is 0 Å². The van der Waals surface area contributed by atoms with E-state index in [1.807, 2.05) is 0 Å². The molecule has 0 saturated heterocycles. The van der Waals surface area contributed by atoms with Crippen LogP contribution in [0.15, 0.2) is 42.5 Å². The molecule has 1 N–H and O–H groups in total. The molecule has 0 aliphatic rings.